The molecule has 98 valence electrons. The molecule has 3 rings (SSSR count). The van der Waals surface area contributed by atoms with Crippen LogP contribution in [-0.2, 0) is 0 Å². The number of halogens is 2. The summed E-state index contributed by atoms with van der Waals surface area (Å²) in [6, 6.07) is 10.6. The van der Waals surface area contributed by atoms with Crippen LogP contribution in [0.5, 0.6) is 0 Å². The lowest BCUT2D eigenvalue weighted by atomic mass is 10.1. The van der Waals surface area contributed by atoms with Gasteiger partial charge in [0.1, 0.15) is 0 Å². The summed E-state index contributed by atoms with van der Waals surface area (Å²) < 4.78 is 2.78. The van der Waals surface area contributed by atoms with Crippen LogP contribution >= 0.6 is 45.9 Å². The molecule has 1 N–H and O–H groups in total. The monoisotopic (exact) mass is 327 g/mol. The molecule has 1 nitrogen and oxygen atoms in total. The van der Waals surface area contributed by atoms with Crippen molar-refractivity contribution in [3.8, 4) is 0 Å². The fourth-order valence-electron chi connectivity index (χ4n) is 2.03. The SMILES string of the molecule is CC(Nc1ccc2sccc2c1)c1cc(Cl)sc1Cl. The van der Waals surface area contributed by atoms with Gasteiger partial charge in [-0.05, 0) is 48.0 Å². The molecule has 3 aromatic rings. The van der Waals surface area contributed by atoms with E-state index in [9.17, 15) is 0 Å². The van der Waals surface area contributed by atoms with Crippen LogP contribution in [0.2, 0.25) is 8.67 Å². The van der Waals surface area contributed by atoms with Gasteiger partial charge in [-0.25, -0.2) is 0 Å². The molecule has 0 radical (unpaired) electrons. The normalized spacial score (nSPS) is 12.8. The third kappa shape index (κ3) is 2.75. The largest absolute Gasteiger partial charge is 0.378 e. The molecule has 0 saturated heterocycles. The summed E-state index contributed by atoms with van der Waals surface area (Å²) in [5.74, 6) is 0. The standard InChI is InChI=1S/C14H11Cl2NS2/c1-8(11-7-13(15)19-14(11)16)17-10-2-3-12-9(6-10)4-5-18-12/h2-8,17H,1H3. The maximum atomic E-state index is 6.18. The van der Waals surface area contributed by atoms with Crippen molar-refractivity contribution in [3.05, 3.63) is 49.9 Å². The van der Waals surface area contributed by atoms with Crippen LogP contribution in [0.15, 0.2) is 35.7 Å². The minimum Gasteiger partial charge on any atom is -0.378 e. The molecule has 0 amide bonds. The zero-order valence-corrected chi connectivity index (χ0v) is 13.3. The maximum absolute atomic E-state index is 6.18. The number of rotatable bonds is 3. The zero-order valence-electron chi connectivity index (χ0n) is 10.1. The van der Waals surface area contributed by atoms with Crippen LogP contribution in [0, 0.1) is 0 Å². The smallest absolute Gasteiger partial charge is 0.0996 e. The first kappa shape index (κ1) is 13.3. The Bertz CT molecular complexity index is 717. The quantitative estimate of drug-likeness (QED) is 0.583. The summed E-state index contributed by atoms with van der Waals surface area (Å²) in [5, 5.41) is 6.83. The molecule has 0 aliphatic heterocycles. The first-order valence-electron chi connectivity index (χ1n) is 5.82. The lowest BCUT2D eigenvalue weighted by molar-refractivity contribution is 0.891. The molecular weight excluding hydrogens is 317 g/mol. The highest BCUT2D eigenvalue weighted by atomic mass is 35.5. The molecule has 2 heterocycles. The van der Waals surface area contributed by atoms with Crippen LogP contribution in [0.1, 0.15) is 18.5 Å². The Balaban J connectivity index is 1.85. The third-order valence-electron chi connectivity index (χ3n) is 2.99. The molecular formula is C14H11Cl2NS2. The maximum Gasteiger partial charge on any atom is 0.0996 e. The van der Waals surface area contributed by atoms with E-state index >= 15 is 0 Å². The van der Waals surface area contributed by atoms with Crippen molar-refractivity contribution in [1.82, 2.24) is 0 Å². The van der Waals surface area contributed by atoms with Gasteiger partial charge in [0.25, 0.3) is 0 Å². The van der Waals surface area contributed by atoms with Gasteiger partial charge >= 0.3 is 0 Å². The van der Waals surface area contributed by atoms with Crippen LogP contribution < -0.4 is 5.32 Å². The van der Waals surface area contributed by atoms with Gasteiger partial charge in [0, 0.05) is 16.0 Å². The van der Waals surface area contributed by atoms with E-state index in [0.717, 1.165) is 19.9 Å². The molecule has 0 aliphatic carbocycles. The van der Waals surface area contributed by atoms with Crippen molar-refractivity contribution in [2.24, 2.45) is 0 Å². The summed E-state index contributed by atoms with van der Waals surface area (Å²) in [6.45, 7) is 2.09. The molecule has 0 aliphatic rings. The van der Waals surface area contributed by atoms with Crippen molar-refractivity contribution in [1.29, 1.82) is 0 Å². The lowest BCUT2D eigenvalue weighted by Gasteiger charge is -2.14. The Labute approximate surface area is 129 Å². The van der Waals surface area contributed by atoms with E-state index in [0.29, 0.717) is 0 Å². The van der Waals surface area contributed by atoms with Gasteiger partial charge in [-0.15, -0.1) is 22.7 Å². The second-order valence-corrected chi connectivity index (χ2v) is 7.55. The fraction of sp³-hybridized carbons (Fsp3) is 0.143. The van der Waals surface area contributed by atoms with Gasteiger partial charge in [-0.3, -0.25) is 0 Å². The fourth-order valence-corrected chi connectivity index (χ4v) is 4.45. The Morgan fingerprint density at radius 1 is 1.16 bits per heavy atom. The summed E-state index contributed by atoms with van der Waals surface area (Å²) in [6.07, 6.45) is 0. The second kappa shape index (κ2) is 5.33. The molecule has 19 heavy (non-hydrogen) atoms. The molecule has 1 aromatic carbocycles. The van der Waals surface area contributed by atoms with E-state index in [1.165, 1.54) is 21.4 Å². The second-order valence-electron chi connectivity index (χ2n) is 4.32. The van der Waals surface area contributed by atoms with Gasteiger partial charge in [-0.1, -0.05) is 23.2 Å². The number of anilines is 1. The predicted molar refractivity (Wildman–Crippen MR) is 88.2 cm³/mol. The Morgan fingerprint density at radius 2 is 2.00 bits per heavy atom. The number of fused-ring (bicyclic) bond motifs is 1. The zero-order chi connectivity index (χ0) is 13.4. The molecule has 5 heteroatoms. The Hall–Kier alpha value is -0.740. The first-order valence-corrected chi connectivity index (χ1v) is 8.27. The van der Waals surface area contributed by atoms with Crippen molar-refractivity contribution in [2.45, 2.75) is 13.0 Å². The van der Waals surface area contributed by atoms with Gasteiger partial charge in [0.15, 0.2) is 0 Å². The van der Waals surface area contributed by atoms with Crippen molar-refractivity contribution in [2.75, 3.05) is 5.32 Å². The van der Waals surface area contributed by atoms with Crippen LogP contribution in [0.4, 0.5) is 5.69 Å². The van der Waals surface area contributed by atoms with E-state index in [4.69, 9.17) is 23.2 Å². The van der Waals surface area contributed by atoms with Crippen molar-refractivity contribution in [3.63, 3.8) is 0 Å². The highest BCUT2D eigenvalue weighted by molar-refractivity contribution is 7.20. The van der Waals surface area contributed by atoms with Crippen LogP contribution in [0.25, 0.3) is 10.1 Å². The van der Waals surface area contributed by atoms with Gasteiger partial charge < -0.3 is 5.32 Å². The Morgan fingerprint density at radius 3 is 2.74 bits per heavy atom. The summed E-state index contributed by atoms with van der Waals surface area (Å²) in [7, 11) is 0. The summed E-state index contributed by atoms with van der Waals surface area (Å²) >= 11 is 15.3. The Kier molecular flexibility index (Phi) is 3.72. The molecule has 0 spiro atoms. The van der Waals surface area contributed by atoms with Crippen molar-refractivity contribution >= 4 is 61.6 Å². The average Bonchev–Trinajstić information content (AvgIpc) is 2.94. The van der Waals surface area contributed by atoms with Crippen LogP contribution in [0.3, 0.4) is 0 Å². The van der Waals surface area contributed by atoms with E-state index < -0.39 is 0 Å². The predicted octanol–water partition coefficient (Wildman–Crippen LogP) is 6.44. The van der Waals surface area contributed by atoms with Gasteiger partial charge in [-0.2, -0.15) is 0 Å². The highest BCUT2D eigenvalue weighted by Crippen LogP contribution is 2.36. The third-order valence-corrected chi connectivity index (χ3v) is 5.40. The van der Waals surface area contributed by atoms with E-state index in [1.807, 2.05) is 6.07 Å². The minimum atomic E-state index is 0.132. The number of hydrogen-bond donors (Lipinski definition) is 1. The topological polar surface area (TPSA) is 12.0 Å². The number of hydrogen-bond acceptors (Lipinski definition) is 3. The lowest BCUT2D eigenvalue weighted by Crippen LogP contribution is -2.05. The number of benzene rings is 1. The molecule has 2 aromatic heterocycles. The molecule has 0 bridgehead atoms. The van der Waals surface area contributed by atoms with E-state index in [-0.39, 0.29) is 6.04 Å². The summed E-state index contributed by atoms with van der Waals surface area (Å²) in [5.41, 5.74) is 2.14. The van der Waals surface area contributed by atoms with Crippen LogP contribution in [-0.4, -0.2) is 0 Å². The van der Waals surface area contributed by atoms with Gasteiger partial charge in [0.05, 0.1) is 14.7 Å². The highest BCUT2D eigenvalue weighted by Gasteiger charge is 2.13. The first-order chi connectivity index (χ1) is 9.13. The van der Waals surface area contributed by atoms with E-state index in [2.05, 4.69) is 41.9 Å². The van der Waals surface area contributed by atoms with Crippen molar-refractivity contribution < 1.29 is 0 Å². The minimum absolute atomic E-state index is 0.132. The molecule has 1 unspecified atom stereocenters. The molecule has 0 saturated carbocycles. The summed E-state index contributed by atoms with van der Waals surface area (Å²) in [4.78, 5) is 0. The average molecular weight is 328 g/mol. The van der Waals surface area contributed by atoms with Gasteiger partial charge in [0.2, 0.25) is 0 Å². The van der Waals surface area contributed by atoms with E-state index in [1.54, 1.807) is 11.3 Å². The molecule has 0 fully saturated rings. The molecule has 1 atom stereocenters. The number of thiophene rings is 2. The number of nitrogens with one attached hydrogen (secondary N) is 1.